The number of halogens is 2. The molecule has 0 saturated heterocycles. The average Bonchev–Trinajstić information content (AvgIpc) is 2.56. The third kappa shape index (κ3) is 3.84. The summed E-state index contributed by atoms with van der Waals surface area (Å²) in [6.07, 6.45) is 3.49. The van der Waals surface area contributed by atoms with Crippen molar-refractivity contribution in [1.82, 2.24) is 4.98 Å². The number of carbonyl (C=O) groups is 1. The van der Waals surface area contributed by atoms with Crippen molar-refractivity contribution in [3.05, 3.63) is 87.2 Å². The lowest BCUT2D eigenvalue weighted by Crippen LogP contribution is -2.05. The second-order valence-electron chi connectivity index (χ2n) is 5.80. The Balaban J connectivity index is 1.89. The number of pyridine rings is 1. The number of hydrogen-bond acceptors (Lipinski definition) is 3. The van der Waals surface area contributed by atoms with E-state index in [4.69, 9.17) is 23.2 Å². The van der Waals surface area contributed by atoms with E-state index in [1.165, 1.54) is 0 Å². The lowest BCUT2D eigenvalue weighted by Gasteiger charge is -2.11. The molecule has 3 nitrogen and oxygen atoms in total. The number of aryl methyl sites for hydroxylation is 2. The second kappa shape index (κ2) is 7.26. The van der Waals surface area contributed by atoms with Gasteiger partial charge in [-0.1, -0.05) is 23.2 Å². The van der Waals surface area contributed by atoms with Crippen LogP contribution in [0.4, 0.5) is 11.4 Å². The molecular formula is C20H16Cl2N2O. The van der Waals surface area contributed by atoms with E-state index < -0.39 is 0 Å². The highest BCUT2D eigenvalue weighted by Crippen LogP contribution is 2.27. The van der Waals surface area contributed by atoms with E-state index in [1.807, 2.05) is 26.0 Å². The Bertz CT molecular complexity index is 954. The van der Waals surface area contributed by atoms with Gasteiger partial charge in [-0.3, -0.25) is 9.78 Å². The smallest absolute Gasteiger partial charge is 0.194 e. The van der Waals surface area contributed by atoms with Crippen LogP contribution in [0, 0.1) is 13.8 Å². The van der Waals surface area contributed by atoms with Crippen molar-refractivity contribution in [1.29, 1.82) is 0 Å². The minimum atomic E-state index is -0.122. The summed E-state index contributed by atoms with van der Waals surface area (Å²) in [6, 6.07) is 12.4. The van der Waals surface area contributed by atoms with Gasteiger partial charge in [0.2, 0.25) is 0 Å². The van der Waals surface area contributed by atoms with E-state index in [2.05, 4.69) is 10.3 Å². The highest BCUT2D eigenvalue weighted by Gasteiger charge is 2.15. The SMILES string of the molecule is Cc1ccncc1Nc1ccc(C(=O)c2ccc(Cl)cc2C)c(Cl)c1. The topological polar surface area (TPSA) is 42.0 Å². The lowest BCUT2D eigenvalue weighted by molar-refractivity contribution is 0.103. The number of nitrogens with zero attached hydrogens (tertiary/aromatic N) is 1. The predicted octanol–water partition coefficient (Wildman–Crippen LogP) is 5.98. The molecular weight excluding hydrogens is 355 g/mol. The van der Waals surface area contributed by atoms with Gasteiger partial charge in [0.1, 0.15) is 0 Å². The van der Waals surface area contributed by atoms with E-state index in [0.29, 0.717) is 21.2 Å². The average molecular weight is 371 g/mol. The Labute approximate surface area is 156 Å². The number of anilines is 2. The zero-order valence-corrected chi connectivity index (χ0v) is 15.3. The fraction of sp³-hybridized carbons (Fsp3) is 0.100. The molecule has 0 aliphatic carbocycles. The van der Waals surface area contributed by atoms with E-state index >= 15 is 0 Å². The molecule has 0 atom stereocenters. The maximum atomic E-state index is 12.8. The van der Waals surface area contributed by atoms with Crippen molar-refractivity contribution in [3.63, 3.8) is 0 Å². The molecule has 3 aromatic rings. The number of benzene rings is 2. The number of hydrogen-bond donors (Lipinski definition) is 1. The Hall–Kier alpha value is -2.36. The van der Waals surface area contributed by atoms with Crippen molar-refractivity contribution in [2.75, 3.05) is 5.32 Å². The Kier molecular flexibility index (Phi) is 5.07. The van der Waals surface area contributed by atoms with Crippen molar-refractivity contribution in [3.8, 4) is 0 Å². The van der Waals surface area contributed by atoms with E-state index in [1.54, 1.807) is 42.7 Å². The standard InChI is InChI=1S/C20H16Cl2N2O/c1-12-7-8-23-11-19(12)24-15-4-6-17(18(22)10-15)20(25)16-5-3-14(21)9-13(16)2/h3-11,24H,1-2H3. The summed E-state index contributed by atoms with van der Waals surface area (Å²) in [7, 11) is 0. The molecule has 126 valence electrons. The van der Waals surface area contributed by atoms with Gasteiger partial charge in [0.25, 0.3) is 0 Å². The van der Waals surface area contributed by atoms with Crippen molar-refractivity contribution >= 4 is 40.4 Å². The molecule has 0 amide bonds. The fourth-order valence-electron chi connectivity index (χ4n) is 2.55. The molecule has 3 rings (SSSR count). The van der Waals surface area contributed by atoms with Crippen molar-refractivity contribution < 1.29 is 4.79 Å². The van der Waals surface area contributed by atoms with Gasteiger partial charge in [-0.05, 0) is 67.4 Å². The highest BCUT2D eigenvalue weighted by atomic mass is 35.5. The Morgan fingerprint density at radius 1 is 0.960 bits per heavy atom. The van der Waals surface area contributed by atoms with Crippen LogP contribution in [-0.2, 0) is 0 Å². The molecule has 25 heavy (non-hydrogen) atoms. The van der Waals surface area contributed by atoms with Crippen LogP contribution < -0.4 is 5.32 Å². The van der Waals surface area contributed by atoms with Crippen LogP contribution in [0.1, 0.15) is 27.0 Å². The molecule has 0 aliphatic heterocycles. The van der Waals surface area contributed by atoms with Crippen molar-refractivity contribution in [2.45, 2.75) is 13.8 Å². The van der Waals surface area contributed by atoms with Crippen LogP contribution in [0.15, 0.2) is 54.9 Å². The number of nitrogens with one attached hydrogen (secondary N) is 1. The minimum Gasteiger partial charge on any atom is -0.354 e. The second-order valence-corrected chi connectivity index (χ2v) is 6.64. The third-order valence-electron chi connectivity index (χ3n) is 3.96. The summed E-state index contributed by atoms with van der Waals surface area (Å²) in [4.78, 5) is 16.9. The normalized spacial score (nSPS) is 10.6. The monoisotopic (exact) mass is 370 g/mol. The van der Waals surface area contributed by atoms with Gasteiger partial charge < -0.3 is 5.32 Å². The maximum Gasteiger partial charge on any atom is 0.194 e. The molecule has 0 unspecified atom stereocenters. The summed E-state index contributed by atoms with van der Waals surface area (Å²) in [5.74, 6) is -0.122. The van der Waals surface area contributed by atoms with Gasteiger partial charge in [0.05, 0.1) is 16.9 Å². The van der Waals surface area contributed by atoms with Crippen LogP contribution in [0.5, 0.6) is 0 Å². The molecule has 1 N–H and O–H groups in total. The zero-order chi connectivity index (χ0) is 18.0. The van der Waals surface area contributed by atoms with Crippen LogP contribution in [0.2, 0.25) is 10.0 Å². The van der Waals surface area contributed by atoms with Crippen LogP contribution in [0.25, 0.3) is 0 Å². The zero-order valence-electron chi connectivity index (χ0n) is 13.8. The molecule has 0 aliphatic rings. The van der Waals surface area contributed by atoms with E-state index in [9.17, 15) is 4.79 Å². The molecule has 0 bridgehead atoms. The highest BCUT2D eigenvalue weighted by molar-refractivity contribution is 6.35. The molecule has 5 heteroatoms. The molecule has 1 aromatic heterocycles. The van der Waals surface area contributed by atoms with E-state index in [-0.39, 0.29) is 5.78 Å². The van der Waals surface area contributed by atoms with Crippen LogP contribution in [0.3, 0.4) is 0 Å². The quantitative estimate of drug-likeness (QED) is 0.574. The minimum absolute atomic E-state index is 0.122. The van der Waals surface area contributed by atoms with E-state index in [0.717, 1.165) is 22.5 Å². The lowest BCUT2D eigenvalue weighted by atomic mass is 9.99. The molecule has 0 radical (unpaired) electrons. The number of ketones is 1. The first-order chi connectivity index (χ1) is 12.0. The largest absolute Gasteiger partial charge is 0.354 e. The number of carbonyl (C=O) groups excluding carboxylic acids is 1. The van der Waals surface area contributed by atoms with Crippen LogP contribution >= 0.6 is 23.2 Å². The summed E-state index contributed by atoms with van der Waals surface area (Å²) in [5.41, 5.74) is 4.64. The van der Waals surface area contributed by atoms with Crippen molar-refractivity contribution in [2.24, 2.45) is 0 Å². The first kappa shape index (κ1) is 17.5. The summed E-state index contributed by atoms with van der Waals surface area (Å²) in [6.45, 7) is 3.85. The fourth-order valence-corrected chi connectivity index (χ4v) is 3.05. The predicted molar refractivity (Wildman–Crippen MR) is 103 cm³/mol. The molecule has 1 heterocycles. The first-order valence-electron chi connectivity index (χ1n) is 7.74. The number of rotatable bonds is 4. The van der Waals surface area contributed by atoms with Crippen LogP contribution in [-0.4, -0.2) is 10.8 Å². The summed E-state index contributed by atoms with van der Waals surface area (Å²) in [5, 5.41) is 4.26. The Morgan fingerprint density at radius 3 is 2.40 bits per heavy atom. The molecule has 0 spiro atoms. The summed E-state index contributed by atoms with van der Waals surface area (Å²) >= 11 is 12.3. The molecule has 0 fully saturated rings. The number of aromatic nitrogens is 1. The third-order valence-corrected chi connectivity index (χ3v) is 4.51. The van der Waals surface area contributed by atoms with Gasteiger partial charge in [-0.15, -0.1) is 0 Å². The molecule has 0 saturated carbocycles. The first-order valence-corrected chi connectivity index (χ1v) is 8.49. The molecule has 2 aromatic carbocycles. The summed E-state index contributed by atoms with van der Waals surface area (Å²) < 4.78 is 0. The Morgan fingerprint density at radius 2 is 1.72 bits per heavy atom. The van der Waals surface area contributed by atoms with Gasteiger partial charge in [-0.2, -0.15) is 0 Å². The maximum absolute atomic E-state index is 12.8. The van der Waals surface area contributed by atoms with Gasteiger partial charge in [-0.25, -0.2) is 0 Å². The van der Waals surface area contributed by atoms with Gasteiger partial charge in [0.15, 0.2) is 5.78 Å². The van der Waals surface area contributed by atoms with Gasteiger partial charge >= 0.3 is 0 Å². The van der Waals surface area contributed by atoms with Gasteiger partial charge in [0, 0.05) is 28.0 Å².